The summed E-state index contributed by atoms with van der Waals surface area (Å²) in [7, 11) is 0.204. The Kier molecular flexibility index (Phi) is 6.91. The van der Waals surface area contributed by atoms with Crippen LogP contribution < -0.4 is 10.0 Å². The third-order valence-corrected chi connectivity index (χ3v) is 4.66. The zero-order valence-electron chi connectivity index (χ0n) is 12.1. The van der Waals surface area contributed by atoms with E-state index in [0.29, 0.717) is 19.6 Å². The Morgan fingerprint density at radius 3 is 2.60 bits per heavy atom. The Balaban J connectivity index is 2.87. The molecule has 0 heterocycles. The van der Waals surface area contributed by atoms with E-state index in [1.165, 1.54) is 0 Å². The second-order valence-electron chi connectivity index (χ2n) is 4.75. The summed E-state index contributed by atoms with van der Waals surface area (Å²) in [6.45, 7) is 4.42. The second kappa shape index (κ2) is 7.95. The third kappa shape index (κ3) is 5.38. The van der Waals surface area contributed by atoms with Gasteiger partial charge in [-0.1, -0.05) is 24.6 Å². The van der Waals surface area contributed by atoms with E-state index in [-0.39, 0.29) is 9.92 Å². The summed E-state index contributed by atoms with van der Waals surface area (Å²) in [4.78, 5) is 2.04. The minimum absolute atomic E-state index is 0.133. The van der Waals surface area contributed by atoms with Crippen molar-refractivity contribution in [3.05, 3.63) is 28.8 Å². The highest BCUT2D eigenvalue weighted by atomic mass is 35.5. The highest BCUT2D eigenvalue weighted by Crippen LogP contribution is 2.22. The molecule has 1 rings (SSSR count). The largest absolute Gasteiger partial charge is 0.313 e. The molecule has 114 valence electrons. The lowest BCUT2D eigenvalue weighted by atomic mass is 10.2. The third-order valence-electron chi connectivity index (χ3n) is 2.72. The molecule has 0 unspecified atom stereocenters. The number of nitrogens with zero attached hydrogens (tertiary/aromatic N) is 1. The molecule has 20 heavy (non-hydrogen) atoms. The Labute approximate surface area is 126 Å². The predicted octanol–water partition coefficient (Wildman–Crippen LogP) is 1.29. The topological polar surface area (TPSA) is 61.4 Å². The first-order valence-electron chi connectivity index (χ1n) is 6.50. The van der Waals surface area contributed by atoms with E-state index in [4.69, 9.17) is 11.6 Å². The van der Waals surface area contributed by atoms with Gasteiger partial charge in [0.2, 0.25) is 10.0 Å². The number of halogens is 1. The second-order valence-corrected chi connectivity index (χ2v) is 6.89. The normalized spacial score (nSPS) is 12.1. The first-order valence-corrected chi connectivity index (χ1v) is 8.36. The average molecular weight is 320 g/mol. The molecule has 0 saturated heterocycles. The molecule has 0 aliphatic heterocycles. The number of sulfonamides is 1. The fraction of sp³-hybridized carbons (Fsp3) is 0.538. The van der Waals surface area contributed by atoms with Crippen molar-refractivity contribution in [1.82, 2.24) is 14.9 Å². The minimum Gasteiger partial charge on any atom is -0.313 e. The van der Waals surface area contributed by atoms with Crippen LogP contribution in [0.3, 0.4) is 0 Å². The highest BCUT2D eigenvalue weighted by Gasteiger charge is 2.18. The zero-order valence-corrected chi connectivity index (χ0v) is 13.7. The fourth-order valence-corrected chi connectivity index (χ4v) is 3.18. The van der Waals surface area contributed by atoms with Crippen LogP contribution in [-0.4, -0.2) is 47.0 Å². The van der Waals surface area contributed by atoms with Crippen molar-refractivity contribution in [2.45, 2.75) is 18.4 Å². The lowest BCUT2D eigenvalue weighted by Crippen LogP contribution is -2.31. The number of hydrogen-bond acceptors (Lipinski definition) is 4. The number of nitrogens with one attached hydrogen (secondary N) is 2. The molecule has 1 aromatic carbocycles. The maximum absolute atomic E-state index is 12.2. The quantitative estimate of drug-likeness (QED) is 0.758. The van der Waals surface area contributed by atoms with Gasteiger partial charge < -0.3 is 10.2 Å². The van der Waals surface area contributed by atoms with Gasteiger partial charge in [-0.2, -0.15) is 0 Å². The Morgan fingerprint density at radius 1 is 1.30 bits per heavy atom. The maximum atomic E-state index is 12.2. The standard InChI is InChI=1S/C13H22ClN3O2S/c1-4-15-10-11-5-6-12(14)13(9-11)20(18,19)16-7-8-17(2)3/h5-6,9,15-16H,4,7-8,10H2,1-3H3. The van der Waals surface area contributed by atoms with Gasteiger partial charge in [0, 0.05) is 19.6 Å². The van der Waals surface area contributed by atoms with Crippen molar-refractivity contribution in [2.24, 2.45) is 0 Å². The van der Waals surface area contributed by atoms with E-state index in [2.05, 4.69) is 10.0 Å². The zero-order chi connectivity index (χ0) is 15.2. The predicted molar refractivity (Wildman–Crippen MR) is 82.6 cm³/mol. The van der Waals surface area contributed by atoms with E-state index in [1.54, 1.807) is 12.1 Å². The summed E-state index contributed by atoms with van der Waals surface area (Å²) in [5.41, 5.74) is 0.893. The SMILES string of the molecule is CCNCc1ccc(Cl)c(S(=O)(=O)NCCN(C)C)c1. The van der Waals surface area contributed by atoms with Gasteiger partial charge in [0.1, 0.15) is 4.90 Å². The van der Waals surface area contributed by atoms with Gasteiger partial charge in [0.25, 0.3) is 0 Å². The van der Waals surface area contributed by atoms with E-state index in [1.807, 2.05) is 32.0 Å². The van der Waals surface area contributed by atoms with E-state index in [0.717, 1.165) is 12.1 Å². The van der Waals surface area contributed by atoms with Crippen LogP contribution in [0, 0.1) is 0 Å². The lowest BCUT2D eigenvalue weighted by molar-refractivity contribution is 0.412. The summed E-state index contributed by atoms with van der Waals surface area (Å²) in [5.74, 6) is 0. The fourth-order valence-electron chi connectivity index (χ4n) is 1.61. The molecule has 0 aliphatic rings. The Hall–Kier alpha value is -0.660. The molecule has 0 saturated carbocycles. The van der Waals surface area contributed by atoms with Crippen LogP contribution in [0.5, 0.6) is 0 Å². The Bertz CT molecular complexity index is 532. The number of benzene rings is 1. The molecule has 0 spiro atoms. The number of likely N-dealkylation sites (N-methyl/N-ethyl adjacent to an activating group) is 1. The molecule has 0 amide bonds. The van der Waals surface area contributed by atoms with Crippen molar-refractivity contribution < 1.29 is 8.42 Å². The summed E-state index contributed by atoms with van der Waals surface area (Å²) < 4.78 is 27.0. The summed E-state index contributed by atoms with van der Waals surface area (Å²) in [6.07, 6.45) is 0. The molecule has 5 nitrogen and oxygen atoms in total. The van der Waals surface area contributed by atoms with Gasteiger partial charge in [-0.25, -0.2) is 13.1 Å². The van der Waals surface area contributed by atoms with Crippen molar-refractivity contribution in [1.29, 1.82) is 0 Å². The molecule has 0 atom stereocenters. The lowest BCUT2D eigenvalue weighted by Gasteiger charge is -2.13. The molecular weight excluding hydrogens is 298 g/mol. The van der Waals surface area contributed by atoms with Gasteiger partial charge in [0.05, 0.1) is 5.02 Å². The highest BCUT2D eigenvalue weighted by molar-refractivity contribution is 7.89. The van der Waals surface area contributed by atoms with Gasteiger partial charge in [-0.05, 0) is 38.3 Å². The van der Waals surface area contributed by atoms with E-state index in [9.17, 15) is 8.42 Å². The summed E-state index contributed by atoms with van der Waals surface area (Å²) >= 11 is 6.01. The monoisotopic (exact) mass is 319 g/mol. The smallest absolute Gasteiger partial charge is 0.242 e. The van der Waals surface area contributed by atoms with Crippen molar-refractivity contribution in [3.63, 3.8) is 0 Å². The first-order chi connectivity index (χ1) is 9.36. The molecule has 2 N–H and O–H groups in total. The van der Waals surface area contributed by atoms with Crippen LogP contribution in [0.15, 0.2) is 23.1 Å². The first kappa shape index (κ1) is 17.4. The molecule has 0 aromatic heterocycles. The molecule has 0 bridgehead atoms. The summed E-state index contributed by atoms with van der Waals surface area (Å²) in [5, 5.41) is 3.39. The van der Waals surface area contributed by atoms with Crippen molar-refractivity contribution in [3.8, 4) is 0 Å². The number of hydrogen-bond donors (Lipinski definition) is 2. The van der Waals surface area contributed by atoms with Crippen LogP contribution in [0.1, 0.15) is 12.5 Å². The van der Waals surface area contributed by atoms with Crippen molar-refractivity contribution in [2.75, 3.05) is 33.7 Å². The average Bonchev–Trinajstić information content (AvgIpc) is 2.36. The van der Waals surface area contributed by atoms with Crippen LogP contribution in [0.4, 0.5) is 0 Å². The maximum Gasteiger partial charge on any atom is 0.242 e. The van der Waals surface area contributed by atoms with E-state index >= 15 is 0 Å². The summed E-state index contributed by atoms with van der Waals surface area (Å²) in [6, 6.07) is 5.06. The minimum atomic E-state index is -3.57. The molecule has 7 heteroatoms. The number of rotatable bonds is 8. The van der Waals surface area contributed by atoms with E-state index < -0.39 is 10.0 Å². The van der Waals surface area contributed by atoms with Gasteiger partial charge >= 0.3 is 0 Å². The van der Waals surface area contributed by atoms with Gasteiger partial charge in [0.15, 0.2) is 0 Å². The van der Waals surface area contributed by atoms with Crippen LogP contribution in [0.25, 0.3) is 0 Å². The Morgan fingerprint density at radius 2 is 2.00 bits per heavy atom. The molecular formula is C13H22ClN3O2S. The van der Waals surface area contributed by atoms with Crippen molar-refractivity contribution >= 4 is 21.6 Å². The van der Waals surface area contributed by atoms with Gasteiger partial charge in [-0.15, -0.1) is 0 Å². The van der Waals surface area contributed by atoms with Gasteiger partial charge in [-0.3, -0.25) is 0 Å². The van der Waals surface area contributed by atoms with Crippen LogP contribution in [-0.2, 0) is 16.6 Å². The molecule has 1 aromatic rings. The molecule has 0 fully saturated rings. The molecule has 0 aliphatic carbocycles. The van der Waals surface area contributed by atoms with Crippen LogP contribution >= 0.6 is 11.6 Å². The van der Waals surface area contributed by atoms with Crippen LogP contribution in [0.2, 0.25) is 5.02 Å². The molecule has 0 radical (unpaired) electrons.